The van der Waals surface area contributed by atoms with Crippen molar-refractivity contribution in [2.45, 2.75) is 57.8 Å². The van der Waals surface area contributed by atoms with E-state index in [4.69, 9.17) is 0 Å². The van der Waals surface area contributed by atoms with Crippen LogP contribution >= 0.6 is 0 Å². The minimum absolute atomic E-state index is 0.922. The lowest BCUT2D eigenvalue weighted by Crippen LogP contribution is -2.25. The van der Waals surface area contributed by atoms with Crippen molar-refractivity contribution in [3.63, 3.8) is 0 Å². The molecule has 3 spiro atoms. The third-order valence-corrected chi connectivity index (χ3v) is 5.12. The van der Waals surface area contributed by atoms with E-state index in [0.29, 0.717) is 0 Å². The summed E-state index contributed by atoms with van der Waals surface area (Å²) in [4.78, 5) is 0. The Bertz CT molecular complexity index is 184. The summed E-state index contributed by atoms with van der Waals surface area (Å²) in [6, 6.07) is 0. The van der Waals surface area contributed by atoms with Gasteiger partial charge in [-0.05, 0) is 74.0 Å². The first-order valence-electron chi connectivity index (χ1n) is 5.74. The molecule has 0 nitrogen and oxygen atoms in total. The molecule has 0 saturated heterocycles. The highest BCUT2D eigenvalue weighted by Gasteiger charge is 2.65. The molecule has 0 N–H and O–H groups in total. The Hall–Kier alpha value is 0. The third-order valence-electron chi connectivity index (χ3n) is 5.12. The van der Waals surface area contributed by atoms with Crippen molar-refractivity contribution in [1.82, 2.24) is 0 Å². The van der Waals surface area contributed by atoms with Crippen LogP contribution in [-0.4, -0.2) is 0 Å². The van der Waals surface area contributed by atoms with Gasteiger partial charge in [0.1, 0.15) is 0 Å². The van der Waals surface area contributed by atoms with Crippen LogP contribution in [0.15, 0.2) is 0 Å². The van der Waals surface area contributed by atoms with Crippen LogP contribution in [0.3, 0.4) is 0 Å². The molecule has 0 aromatic rings. The van der Waals surface area contributed by atoms with E-state index in [-0.39, 0.29) is 0 Å². The Morgan fingerprint density at radius 2 is 0.667 bits per heavy atom. The topological polar surface area (TPSA) is 0 Å². The summed E-state index contributed by atoms with van der Waals surface area (Å²) < 4.78 is 0. The first-order valence-corrected chi connectivity index (χ1v) is 5.74. The van der Waals surface area contributed by atoms with E-state index in [2.05, 4.69) is 0 Å². The molecule has 66 valence electrons. The van der Waals surface area contributed by atoms with Crippen molar-refractivity contribution in [1.29, 1.82) is 0 Å². The lowest BCUT2D eigenvalue weighted by Gasteiger charge is -2.36. The quantitative estimate of drug-likeness (QED) is 0.511. The van der Waals surface area contributed by atoms with Crippen LogP contribution in [0.1, 0.15) is 57.8 Å². The molecule has 0 atom stereocenters. The van der Waals surface area contributed by atoms with Crippen LogP contribution in [-0.2, 0) is 0 Å². The fourth-order valence-electron chi connectivity index (χ4n) is 4.16. The summed E-state index contributed by atoms with van der Waals surface area (Å²) in [5.74, 6) is 0. The Labute approximate surface area is 74.7 Å². The normalized spacial score (nSPS) is 42.0. The van der Waals surface area contributed by atoms with E-state index < -0.39 is 0 Å². The second-order valence-electron chi connectivity index (χ2n) is 6.53. The van der Waals surface area contributed by atoms with Crippen molar-refractivity contribution < 1.29 is 0 Å². The summed E-state index contributed by atoms with van der Waals surface area (Å²) in [5, 5.41) is 0. The summed E-state index contributed by atoms with van der Waals surface area (Å²) in [5.41, 5.74) is 2.77. The van der Waals surface area contributed by atoms with Gasteiger partial charge in [-0.1, -0.05) is 0 Å². The van der Waals surface area contributed by atoms with Gasteiger partial charge >= 0.3 is 0 Å². The highest BCUT2D eigenvalue weighted by Crippen LogP contribution is 2.77. The molecule has 4 aliphatic rings. The molecule has 4 aliphatic carbocycles. The maximum atomic E-state index is 1.64. The van der Waals surface area contributed by atoms with E-state index >= 15 is 0 Å². The monoisotopic (exact) mass is 162 g/mol. The van der Waals surface area contributed by atoms with Gasteiger partial charge in [0.05, 0.1) is 0 Å². The van der Waals surface area contributed by atoms with Crippen molar-refractivity contribution >= 4 is 0 Å². The Balaban J connectivity index is 1.70. The zero-order chi connectivity index (χ0) is 7.86. The van der Waals surface area contributed by atoms with Gasteiger partial charge in [0.2, 0.25) is 0 Å². The molecule has 0 radical (unpaired) electrons. The van der Waals surface area contributed by atoms with Crippen LogP contribution in [0.4, 0.5) is 0 Å². The predicted molar refractivity (Wildman–Crippen MR) is 48.9 cm³/mol. The molecular weight excluding hydrogens is 144 g/mol. The van der Waals surface area contributed by atoms with Gasteiger partial charge < -0.3 is 0 Å². The molecule has 0 aromatic carbocycles. The van der Waals surface area contributed by atoms with E-state index in [1.807, 2.05) is 0 Å². The summed E-state index contributed by atoms with van der Waals surface area (Å²) in [6.45, 7) is 0. The minimum Gasteiger partial charge on any atom is -0.0470 e. The second kappa shape index (κ2) is 1.51. The zero-order valence-electron chi connectivity index (χ0n) is 7.86. The van der Waals surface area contributed by atoms with Gasteiger partial charge in [0.15, 0.2) is 0 Å². The van der Waals surface area contributed by atoms with E-state index in [9.17, 15) is 0 Å². The van der Waals surface area contributed by atoms with Crippen LogP contribution in [0.5, 0.6) is 0 Å². The van der Waals surface area contributed by atoms with Gasteiger partial charge in [-0.25, -0.2) is 0 Å². The van der Waals surface area contributed by atoms with Crippen molar-refractivity contribution in [3.8, 4) is 0 Å². The van der Waals surface area contributed by atoms with Crippen molar-refractivity contribution in [2.24, 2.45) is 16.2 Å². The second-order valence-corrected chi connectivity index (χ2v) is 6.53. The molecule has 4 fully saturated rings. The van der Waals surface area contributed by atoms with Crippen molar-refractivity contribution in [2.75, 3.05) is 0 Å². The molecule has 0 unspecified atom stereocenters. The lowest BCUT2D eigenvalue weighted by atomic mass is 9.69. The molecule has 12 heavy (non-hydrogen) atoms. The fraction of sp³-hybridized carbons (Fsp3) is 1.00. The average Bonchev–Trinajstić information content (AvgIpc) is 2.87. The van der Waals surface area contributed by atoms with E-state index in [1.165, 1.54) is 0 Å². The van der Waals surface area contributed by atoms with Gasteiger partial charge in [-0.2, -0.15) is 0 Å². The Morgan fingerprint density at radius 1 is 0.417 bits per heavy atom. The summed E-state index contributed by atoms with van der Waals surface area (Å²) in [6.07, 6.45) is 14.5. The SMILES string of the molecule is C1CC12CC1(CC1)CC1(CC1)C2. The first kappa shape index (κ1) is 6.45. The number of hydrogen-bond donors (Lipinski definition) is 0. The van der Waals surface area contributed by atoms with Crippen molar-refractivity contribution in [3.05, 3.63) is 0 Å². The fourth-order valence-corrected chi connectivity index (χ4v) is 4.16. The minimum atomic E-state index is 0.922. The highest BCUT2D eigenvalue weighted by atomic mass is 14.7. The van der Waals surface area contributed by atoms with Crippen LogP contribution < -0.4 is 0 Å². The molecule has 0 aromatic heterocycles. The third kappa shape index (κ3) is 0.744. The molecule has 0 aliphatic heterocycles. The summed E-state index contributed by atoms with van der Waals surface area (Å²) >= 11 is 0. The van der Waals surface area contributed by atoms with Crippen LogP contribution in [0, 0.1) is 16.2 Å². The molecular formula is C12H18. The zero-order valence-corrected chi connectivity index (χ0v) is 7.86. The summed E-state index contributed by atoms with van der Waals surface area (Å²) in [7, 11) is 0. The maximum absolute atomic E-state index is 1.64. The molecule has 0 bridgehead atoms. The largest absolute Gasteiger partial charge is 0.0470 e. The number of rotatable bonds is 0. The standard InChI is InChI=1S/C12H18/c1-2-10(1)7-11(3-4-11)9-12(8-10)5-6-12/h1-9H2. The smallest absolute Gasteiger partial charge is 0.0287 e. The average molecular weight is 162 g/mol. The number of hydrogen-bond acceptors (Lipinski definition) is 0. The predicted octanol–water partition coefficient (Wildman–Crippen LogP) is 3.51. The van der Waals surface area contributed by atoms with E-state index in [1.54, 1.807) is 57.8 Å². The van der Waals surface area contributed by atoms with E-state index in [0.717, 1.165) is 16.2 Å². The van der Waals surface area contributed by atoms with Crippen LogP contribution in [0.25, 0.3) is 0 Å². The molecule has 4 rings (SSSR count). The highest BCUT2D eigenvalue weighted by molar-refractivity contribution is 5.16. The molecule has 4 saturated carbocycles. The molecule has 0 heteroatoms. The molecule has 0 amide bonds. The van der Waals surface area contributed by atoms with Crippen LogP contribution in [0.2, 0.25) is 0 Å². The first-order chi connectivity index (χ1) is 5.74. The van der Waals surface area contributed by atoms with Gasteiger partial charge in [-0.15, -0.1) is 0 Å². The van der Waals surface area contributed by atoms with Gasteiger partial charge in [0, 0.05) is 0 Å². The Morgan fingerprint density at radius 3 is 0.833 bits per heavy atom. The van der Waals surface area contributed by atoms with Gasteiger partial charge in [-0.3, -0.25) is 0 Å². The Kier molecular flexibility index (Phi) is 0.811. The lowest BCUT2D eigenvalue weighted by molar-refractivity contribution is 0.145. The maximum Gasteiger partial charge on any atom is -0.0287 e. The van der Waals surface area contributed by atoms with Gasteiger partial charge in [0.25, 0.3) is 0 Å². The molecule has 0 heterocycles.